The second kappa shape index (κ2) is 4.45. The van der Waals surface area contributed by atoms with E-state index < -0.39 is 30.4 Å². The number of aliphatic hydroxyl groups excluding tert-OH is 1. The van der Waals surface area contributed by atoms with Crippen LogP contribution in [0.2, 0.25) is 0 Å². The van der Waals surface area contributed by atoms with Gasteiger partial charge in [0, 0.05) is 0 Å². The zero-order valence-electron chi connectivity index (χ0n) is 6.01. The third-order valence-electron chi connectivity index (χ3n) is 1.26. The van der Waals surface area contributed by atoms with Gasteiger partial charge in [-0.3, -0.25) is 9.59 Å². The molecule has 0 spiro atoms. The summed E-state index contributed by atoms with van der Waals surface area (Å²) in [4.78, 5) is 30.2. The van der Waals surface area contributed by atoms with E-state index in [2.05, 4.69) is 0 Å². The van der Waals surface area contributed by atoms with Gasteiger partial charge in [-0.1, -0.05) is 0 Å². The summed E-state index contributed by atoms with van der Waals surface area (Å²) in [5.74, 6) is -4.44. The lowest BCUT2D eigenvalue weighted by Gasteiger charge is -2.10. The molecule has 0 aromatic rings. The van der Waals surface area contributed by atoms with Crippen LogP contribution in [-0.2, 0) is 14.4 Å². The highest BCUT2D eigenvalue weighted by atomic mass is 16.4. The van der Waals surface area contributed by atoms with Crippen LogP contribution < -0.4 is 0 Å². The first-order valence-corrected chi connectivity index (χ1v) is 3.07. The van der Waals surface area contributed by atoms with Crippen molar-refractivity contribution in [3.05, 3.63) is 0 Å². The molecule has 0 fully saturated rings. The van der Waals surface area contributed by atoms with Gasteiger partial charge < -0.3 is 20.1 Å². The Hall–Kier alpha value is -1.43. The topological polar surface area (TPSA) is 112 Å². The largest absolute Gasteiger partial charge is 0.481 e. The number of carbonyl (C=O) groups is 3. The van der Waals surface area contributed by atoms with E-state index in [0.717, 1.165) is 0 Å². The SMILES string of the molecule is O=CC(O)C(CC(=O)O)C(=O)O. The normalized spacial score (nSPS) is 14.8. The minimum absolute atomic E-state index is 0.00171. The third-order valence-corrected chi connectivity index (χ3v) is 1.26. The number of hydrogen-bond donors (Lipinski definition) is 3. The number of hydrogen-bond acceptors (Lipinski definition) is 4. The molecule has 6 heteroatoms. The van der Waals surface area contributed by atoms with E-state index in [-0.39, 0.29) is 6.29 Å². The molecule has 0 saturated heterocycles. The van der Waals surface area contributed by atoms with E-state index in [4.69, 9.17) is 15.3 Å². The van der Waals surface area contributed by atoms with Gasteiger partial charge in [0.05, 0.1) is 12.3 Å². The molecule has 0 radical (unpaired) electrons. The highest BCUT2D eigenvalue weighted by Gasteiger charge is 2.28. The standard InChI is InChI=1S/C6H8O6/c7-2-4(8)3(6(11)12)1-5(9)10/h2-4,8H,1H2,(H,9,10)(H,11,12). The average molecular weight is 176 g/mol. The van der Waals surface area contributed by atoms with Crippen molar-refractivity contribution in [3.63, 3.8) is 0 Å². The van der Waals surface area contributed by atoms with Crippen molar-refractivity contribution < 1.29 is 29.7 Å². The number of aliphatic carboxylic acids is 2. The van der Waals surface area contributed by atoms with E-state index in [9.17, 15) is 14.4 Å². The Balaban J connectivity index is 4.32. The Bertz CT molecular complexity index is 198. The zero-order chi connectivity index (χ0) is 9.72. The fourth-order valence-electron chi connectivity index (χ4n) is 0.637. The van der Waals surface area contributed by atoms with Crippen molar-refractivity contribution in [1.29, 1.82) is 0 Å². The number of rotatable bonds is 5. The second-order valence-corrected chi connectivity index (χ2v) is 2.17. The van der Waals surface area contributed by atoms with Crippen molar-refractivity contribution in [3.8, 4) is 0 Å². The maximum Gasteiger partial charge on any atom is 0.310 e. The fraction of sp³-hybridized carbons (Fsp3) is 0.500. The summed E-state index contributed by atoms with van der Waals surface area (Å²) in [5, 5.41) is 25.3. The Morgan fingerprint density at radius 1 is 1.33 bits per heavy atom. The molecule has 0 saturated carbocycles. The molecule has 68 valence electrons. The molecule has 0 aliphatic rings. The van der Waals surface area contributed by atoms with E-state index >= 15 is 0 Å². The van der Waals surface area contributed by atoms with E-state index in [1.165, 1.54) is 0 Å². The van der Waals surface area contributed by atoms with Crippen molar-refractivity contribution in [2.75, 3.05) is 0 Å². The van der Waals surface area contributed by atoms with Gasteiger partial charge in [0.2, 0.25) is 0 Å². The van der Waals surface area contributed by atoms with E-state index in [1.54, 1.807) is 0 Å². The minimum Gasteiger partial charge on any atom is -0.481 e. The molecular formula is C6H8O6. The quantitative estimate of drug-likeness (QED) is 0.450. The van der Waals surface area contributed by atoms with E-state index in [1.807, 2.05) is 0 Å². The van der Waals surface area contributed by atoms with Gasteiger partial charge in [0.1, 0.15) is 12.4 Å². The van der Waals surface area contributed by atoms with Crippen LogP contribution in [0.5, 0.6) is 0 Å². The average Bonchev–Trinajstić information content (AvgIpc) is 1.98. The molecule has 0 bridgehead atoms. The van der Waals surface area contributed by atoms with Crippen LogP contribution in [0.3, 0.4) is 0 Å². The summed E-state index contributed by atoms with van der Waals surface area (Å²) in [7, 11) is 0. The first-order valence-electron chi connectivity index (χ1n) is 3.07. The first-order chi connectivity index (χ1) is 5.49. The van der Waals surface area contributed by atoms with Gasteiger partial charge in [0.25, 0.3) is 0 Å². The molecule has 2 unspecified atom stereocenters. The molecule has 3 N–H and O–H groups in total. The molecule has 0 amide bonds. The number of carbonyl (C=O) groups excluding carboxylic acids is 1. The monoisotopic (exact) mass is 176 g/mol. The third kappa shape index (κ3) is 3.11. The number of aliphatic hydroxyl groups is 1. The lowest BCUT2D eigenvalue weighted by atomic mass is 10.00. The molecule has 0 aromatic carbocycles. The molecule has 12 heavy (non-hydrogen) atoms. The van der Waals surface area contributed by atoms with Gasteiger partial charge >= 0.3 is 11.9 Å². The summed E-state index contributed by atoms with van der Waals surface area (Å²) in [5.41, 5.74) is 0. The summed E-state index contributed by atoms with van der Waals surface area (Å²) >= 11 is 0. The van der Waals surface area contributed by atoms with Gasteiger partial charge in [-0.2, -0.15) is 0 Å². The maximum absolute atomic E-state index is 10.3. The summed E-state index contributed by atoms with van der Waals surface area (Å²) in [6.45, 7) is 0. The second-order valence-electron chi connectivity index (χ2n) is 2.17. The first kappa shape index (κ1) is 10.6. The van der Waals surface area contributed by atoms with Gasteiger partial charge in [-0.25, -0.2) is 0 Å². The van der Waals surface area contributed by atoms with Crippen LogP contribution in [0.1, 0.15) is 6.42 Å². The maximum atomic E-state index is 10.3. The summed E-state index contributed by atoms with van der Waals surface area (Å²) < 4.78 is 0. The highest BCUT2D eigenvalue weighted by molar-refractivity contribution is 5.81. The van der Waals surface area contributed by atoms with Gasteiger partial charge in [-0.15, -0.1) is 0 Å². The molecule has 2 atom stereocenters. The Morgan fingerprint density at radius 3 is 2.08 bits per heavy atom. The van der Waals surface area contributed by atoms with Crippen LogP contribution in [0.15, 0.2) is 0 Å². The van der Waals surface area contributed by atoms with Crippen LogP contribution in [0, 0.1) is 5.92 Å². The van der Waals surface area contributed by atoms with Crippen LogP contribution in [-0.4, -0.2) is 39.6 Å². The fourth-order valence-corrected chi connectivity index (χ4v) is 0.637. The zero-order valence-corrected chi connectivity index (χ0v) is 6.01. The lowest BCUT2D eigenvalue weighted by molar-refractivity contribution is -0.153. The van der Waals surface area contributed by atoms with Gasteiger partial charge in [-0.05, 0) is 0 Å². The van der Waals surface area contributed by atoms with Crippen molar-refractivity contribution in [2.45, 2.75) is 12.5 Å². The number of aldehydes is 1. The Kier molecular flexibility index (Phi) is 3.92. The highest BCUT2D eigenvalue weighted by Crippen LogP contribution is 2.07. The minimum atomic E-state index is -1.77. The molecule has 0 aliphatic heterocycles. The lowest BCUT2D eigenvalue weighted by Crippen LogP contribution is -2.31. The predicted molar refractivity (Wildman–Crippen MR) is 35.4 cm³/mol. The van der Waals surface area contributed by atoms with Crippen molar-refractivity contribution in [2.24, 2.45) is 5.92 Å². The molecule has 0 rings (SSSR count). The Labute approximate surface area is 67.4 Å². The molecule has 0 heterocycles. The van der Waals surface area contributed by atoms with Crippen LogP contribution >= 0.6 is 0 Å². The molecular weight excluding hydrogens is 168 g/mol. The smallest absolute Gasteiger partial charge is 0.310 e. The molecule has 0 aromatic heterocycles. The number of carboxylic acid groups (broad SMARTS) is 2. The predicted octanol–water partition coefficient (Wildman–Crippen LogP) is -1.28. The summed E-state index contributed by atoms with van der Waals surface area (Å²) in [6, 6.07) is 0. The van der Waals surface area contributed by atoms with Crippen molar-refractivity contribution in [1.82, 2.24) is 0 Å². The van der Waals surface area contributed by atoms with Crippen LogP contribution in [0.4, 0.5) is 0 Å². The van der Waals surface area contributed by atoms with Crippen molar-refractivity contribution >= 4 is 18.2 Å². The summed E-state index contributed by atoms with van der Waals surface area (Å²) in [6.07, 6.45) is -2.53. The van der Waals surface area contributed by atoms with Gasteiger partial charge in [0.15, 0.2) is 0 Å². The number of carboxylic acids is 2. The van der Waals surface area contributed by atoms with Crippen LogP contribution in [0.25, 0.3) is 0 Å². The Morgan fingerprint density at radius 2 is 1.83 bits per heavy atom. The molecule has 0 aliphatic carbocycles. The molecule has 6 nitrogen and oxygen atoms in total. The van der Waals surface area contributed by atoms with E-state index in [0.29, 0.717) is 0 Å².